The van der Waals surface area contributed by atoms with Crippen LogP contribution in [0.3, 0.4) is 0 Å². The highest BCUT2D eigenvalue weighted by atomic mass is 16.6. The van der Waals surface area contributed by atoms with Gasteiger partial charge in [0.1, 0.15) is 23.9 Å². The minimum atomic E-state index is -1.06. The second kappa shape index (κ2) is 13.4. The van der Waals surface area contributed by atoms with E-state index in [4.69, 9.17) is 4.74 Å². The third-order valence-electron chi connectivity index (χ3n) is 8.27. The van der Waals surface area contributed by atoms with Crippen molar-refractivity contribution in [2.24, 2.45) is 0 Å². The average Bonchev–Trinajstić information content (AvgIpc) is 3.61. The van der Waals surface area contributed by atoms with E-state index in [2.05, 4.69) is 31.2 Å². The van der Waals surface area contributed by atoms with Crippen LogP contribution in [0.1, 0.15) is 60.0 Å². The number of anilines is 3. The Morgan fingerprint density at radius 2 is 1.71 bits per heavy atom. The molecule has 3 aromatic rings. The Hall–Kier alpha value is -5.80. The van der Waals surface area contributed by atoms with Gasteiger partial charge in [0.25, 0.3) is 11.8 Å². The van der Waals surface area contributed by atoms with Gasteiger partial charge in [0.05, 0.1) is 23.9 Å². The molecule has 0 aliphatic carbocycles. The fourth-order valence-corrected chi connectivity index (χ4v) is 5.92. The fraction of sp³-hybridized carbons (Fsp3) is 0.394. The van der Waals surface area contributed by atoms with Crippen LogP contribution in [0.15, 0.2) is 48.7 Å². The number of piperazine rings is 1. The van der Waals surface area contributed by atoms with Crippen molar-refractivity contribution < 1.29 is 33.5 Å². The standard InChI is InChI=1S/C33H37N9O7/c1-33(2,3)49-32(48)40-15-13-39(14-16-40)22-9-7-20(8-10-22)35-27(44)19-41-18-21(37-38-41)17-34-24-6-4-5-23-28(24)31(47)42(30(23)46)25-11-12-26(43)36-29(25)45/h4-10,18,25,34H,11-17,19H2,1-3H3,(H,35,44)(H,36,43,45). The van der Waals surface area contributed by atoms with E-state index in [1.807, 2.05) is 45.0 Å². The number of fused-ring (bicyclic) bond motifs is 1. The lowest BCUT2D eigenvalue weighted by atomic mass is 10.0. The summed E-state index contributed by atoms with van der Waals surface area (Å²) in [7, 11) is 0. The first kappa shape index (κ1) is 33.1. The maximum absolute atomic E-state index is 13.3. The molecule has 2 saturated heterocycles. The smallest absolute Gasteiger partial charge is 0.410 e. The first-order valence-electron chi connectivity index (χ1n) is 16.0. The van der Waals surface area contributed by atoms with Gasteiger partial charge in [-0.15, -0.1) is 5.10 Å². The van der Waals surface area contributed by atoms with Crippen LogP contribution in [0.4, 0.5) is 21.9 Å². The number of piperidine rings is 1. The summed E-state index contributed by atoms with van der Waals surface area (Å²) in [5.74, 6) is -2.63. The number of carbonyl (C=O) groups excluding carboxylic acids is 6. The molecule has 1 aromatic heterocycles. The first-order valence-corrected chi connectivity index (χ1v) is 16.0. The van der Waals surface area contributed by atoms with Crippen molar-refractivity contribution in [3.05, 3.63) is 65.5 Å². The minimum Gasteiger partial charge on any atom is -0.444 e. The summed E-state index contributed by atoms with van der Waals surface area (Å²) < 4.78 is 6.86. The summed E-state index contributed by atoms with van der Waals surface area (Å²) in [6.07, 6.45) is 1.39. The summed E-state index contributed by atoms with van der Waals surface area (Å²) in [6.45, 7) is 8.03. The van der Waals surface area contributed by atoms with Gasteiger partial charge in [0, 0.05) is 49.7 Å². The number of aromatic nitrogens is 3. The summed E-state index contributed by atoms with van der Waals surface area (Å²) >= 11 is 0. The van der Waals surface area contributed by atoms with Gasteiger partial charge in [-0.05, 0) is 63.6 Å². The van der Waals surface area contributed by atoms with Crippen molar-refractivity contribution in [2.45, 2.75) is 58.3 Å². The zero-order valence-corrected chi connectivity index (χ0v) is 27.4. The largest absolute Gasteiger partial charge is 0.444 e. The lowest BCUT2D eigenvalue weighted by Crippen LogP contribution is -2.54. The van der Waals surface area contributed by atoms with Crippen LogP contribution in [0.25, 0.3) is 0 Å². The van der Waals surface area contributed by atoms with Crippen LogP contribution in [-0.4, -0.2) is 98.2 Å². The monoisotopic (exact) mass is 671 g/mol. The molecule has 256 valence electrons. The van der Waals surface area contributed by atoms with E-state index in [1.165, 1.54) is 10.7 Å². The zero-order valence-electron chi connectivity index (χ0n) is 27.4. The van der Waals surface area contributed by atoms with Gasteiger partial charge in [-0.2, -0.15) is 0 Å². The number of amides is 6. The molecule has 3 aliphatic rings. The zero-order chi connectivity index (χ0) is 34.9. The molecule has 6 amide bonds. The van der Waals surface area contributed by atoms with Gasteiger partial charge >= 0.3 is 6.09 Å². The molecule has 2 fully saturated rings. The summed E-state index contributed by atoms with van der Waals surface area (Å²) in [5.41, 5.74) is 2.23. The molecule has 3 N–H and O–H groups in total. The van der Waals surface area contributed by atoms with Crippen LogP contribution in [0.2, 0.25) is 0 Å². The Labute approximate surface area is 281 Å². The topological polar surface area (TPSA) is 188 Å². The number of carbonyl (C=O) groups is 6. The van der Waals surface area contributed by atoms with Crippen molar-refractivity contribution in [3.63, 3.8) is 0 Å². The molecule has 1 atom stereocenters. The van der Waals surface area contributed by atoms with Gasteiger partial charge < -0.3 is 25.2 Å². The van der Waals surface area contributed by atoms with Gasteiger partial charge in [-0.3, -0.25) is 34.2 Å². The van der Waals surface area contributed by atoms with E-state index < -0.39 is 35.3 Å². The van der Waals surface area contributed by atoms with Gasteiger partial charge in [0.15, 0.2) is 0 Å². The summed E-state index contributed by atoms with van der Waals surface area (Å²) in [5, 5.41) is 16.3. The predicted molar refractivity (Wildman–Crippen MR) is 176 cm³/mol. The molecule has 0 spiro atoms. The van der Waals surface area contributed by atoms with Crippen molar-refractivity contribution >= 4 is 52.7 Å². The quantitative estimate of drug-likeness (QED) is 0.297. The number of rotatable bonds is 8. The molecular weight excluding hydrogens is 634 g/mol. The van der Waals surface area contributed by atoms with Crippen molar-refractivity contribution in [2.75, 3.05) is 41.7 Å². The molecule has 0 radical (unpaired) electrons. The highest BCUT2D eigenvalue weighted by molar-refractivity contribution is 6.25. The van der Waals surface area contributed by atoms with Crippen molar-refractivity contribution in [1.29, 1.82) is 0 Å². The van der Waals surface area contributed by atoms with E-state index in [1.54, 1.807) is 23.2 Å². The highest BCUT2D eigenvalue weighted by Crippen LogP contribution is 2.32. The molecule has 0 saturated carbocycles. The Balaban J connectivity index is 0.994. The number of nitrogens with zero attached hydrogens (tertiary/aromatic N) is 6. The van der Waals surface area contributed by atoms with E-state index in [0.717, 1.165) is 10.6 Å². The maximum atomic E-state index is 13.3. The Morgan fingerprint density at radius 3 is 2.41 bits per heavy atom. The molecule has 6 rings (SSSR count). The van der Waals surface area contributed by atoms with E-state index in [-0.39, 0.29) is 49.1 Å². The maximum Gasteiger partial charge on any atom is 0.410 e. The Bertz CT molecular complexity index is 1810. The number of imide groups is 2. The summed E-state index contributed by atoms with van der Waals surface area (Å²) in [4.78, 5) is 80.2. The lowest BCUT2D eigenvalue weighted by Gasteiger charge is -2.36. The molecular formula is C33H37N9O7. The third kappa shape index (κ3) is 7.37. The minimum absolute atomic E-state index is 0.0343. The van der Waals surface area contributed by atoms with Crippen LogP contribution in [0, 0.1) is 0 Å². The average molecular weight is 672 g/mol. The van der Waals surface area contributed by atoms with Crippen LogP contribution < -0.4 is 20.9 Å². The van der Waals surface area contributed by atoms with Crippen molar-refractivity contribution in [1.82, 2.24) is 30.1 Å². The molecule has 16 heteroatoms. The normalized spacial score (nSPS) is 17.9. The number of benzene rings is 2. The van der Waals surface area contributed by atoms with Crippen molar-refractivity contribution in [3.8, 4) is 0 Å². The summed E-state index contributed by atoms with van der Waals surface area (Å²) in [6, 6.07) is 11.2. The Kier molecular flexibility index (Phi) is 9.03. The van der Waals surface area contributed by atoms with Crippen LogP contribution in [-0.2, 0) is 32.2 Å². The fourth-order valence-electron chi connectivity index (χ4n) is 5.92. The van der Waals surface area contributed by atoms with E-state index >= 15 is 0 Å². The number of ether oxygens (including phenoxy) is 1. The third-order valence-corrected chi connectivity index (χ3v) is 8.27. The number of hydrogen-bond acceptors (Lipinski definition) is 11. The molecule has 2 aromatic carbocycles. The Morgan fingerprint density at radius 1 is 0.980 bits per heavy atom. The van der Waals surface area contributed by atoms with E-state index in [0.29, 0.717) is 43.2 Å². The van der Waals surface area contributed by atoms with Gasteiger partial charge in [-0.1, -0.05) is 11.3 Å². The van der Waals surface area contributed by atoms with Gasteiger partial charge in [0.2, 0.25) is 17.7 Å². The molecule has 0 bridgehead atoms. The molecule has 16 nitrogen and oxygen atoms in total. The lowest BCUT2D eigenvalue weighted by molar-refractivity contribution is -0.136. The second-order valence-corrected chi connectivity index (χ2v) is 13.0. The number of hydrogen-bond donors (Lipinski definition) is 3. The SMILES string of the molecule is CC(C)(C)OC(=O)N1CCN(c2ccc(NC(=O)Cn3cc(CNc4cccc5c4C(=O)N(C4CCC(=O)NC4=O)C5=O)nn3)cc2)CC1. The van der Waals surface area contributed by atoms with E-state index in [9.17, 15) is 28.8 Å². The highest BCUT2D eigenvalue weighted by Gasteiger charge is 2.45. The van der Waals surface area contributed by atoms with Crippen LogP contribution in [0.5, 0.6) is 0 Å². The first-order chi connectivity index (χ1) is 23.4. The number of nitrogens with one attached hydrogen (secondary N) is 3. The second-order valence-electron chi connectivity index (χ2n) is 13.0. The van der Waals surface area contributed by atoms with Gasteiger partial charge in [-0.25, -0.2) is 9.48 Å². The molecule has 3 aliphatic heterocycles. The predicted octanol–water partition coefficient (Wildman–Crippen LogP) is 1.99. The van der Waals surface area contributed by atoms with Crippen LogP contribution >= 0.6 is 0 Å². The molecule has 4 heterocycles. The molecule has 1 unspecified atom stereocenters. The molecule has 49 heavy (non-hydrogen) atoms.